The summed E-state index contributed by atoms with van der Waals surface area (Å²) >= 11 is 2.89. The minimum atomic E-state index is -3.72. The second kappa shape index (κ2) is 7.50. The van der Waals surface area contributed by atoms with Crippen molar-refractivity contribution >= 4 is 58.7 Å². The first-order valence-electron chi connectivity index (χ1n) is 9.41. The third-order valence-corrected chi connectivity index (χ3v) is 9.14. The van der Waals surface area contributed by atoms with Crippen molar-refractivity contribution in [1.82, 2.24) is 4.98 Å². The van der Waals surface area contributed by atoms with Gasteiger partial charge in [0.1, 0.15) is 5.00 Å². The van der Waals surface area contributed by atoms with Crippen molar-refractivity contribution in [1.29, 1.82) is 0 Å². The fourth-order valence-corrected chi connectivity index (χ4v) is 7.58. The Balaban J connectivity index is 1.71. The van der Waals surface area contributed by atoms with Crippen LogP contribution >= 0.6 is 22.7 Å². The van der Waals surface area contributed by atoms with Crippen LogP contribution in [0, 0.1) is 6.92 Å². The van der Waals surface area contributed by atoms with Crippen LogP contribution in [-0.4, -0.2) is 13.4 Å². The molecule has 0 amide bonds. The van der Waals surface area contributed by atoms with E-state index in [-0.39, 0.29) is 6.54 Å². The molecule has 0 unspecified atom stereocenters. The van der Waals surface area contributed by atoms with Gasteiger partial charge in [0.05, 0.1) is 17.0 Å². The fraction of sp³-hybridized carbons (Fsp3) is 0.0870. The standard InChI is InChI=1S/C23H18N2O2S3/c1-16-20-9-2-3-10-21(20)29-23(16)25(30(26,27)19-11-13-28-15-19)14-18-7-4-6-17-8-5-12-24-22(17)18/h2-13,15H,14H2,1H3. The summed E-state index contributed by atoms with van der Waals surface area (Å²) in [5.41, 5.74) is 2.68. The van der Waals surface area contributed by atoms with Crippen LogP contribution in [0.15, 0.2) is 82.5 Å². The number of pyridine rings is 1. The van der Waals surface area contributed by atoms with Crippen LogP contribution in [0.4, 0.5) is 5.00 Å². The number of nitrogens with zero attached hydrogens (tertiary/aromatic N) is 2. The highest BCUT2D eigenvalue weighted by atomic mass is 32.2. The van der Waals surface area contributed by atoms with Crippen molar-refractivity contribution in [2.45, 2.75) is 18.4 Å². The van der Waals surface area contributed by atoms with Crippen molar-refractivity contribution in [2.75, 3.05) is 4.31 Å². The maximum atomic E-state index is 13.7. The topological polar surface area (TPSA) is 50.3 Å². The Kier molecular flexibility index (Phi) is 4.81. The molecule has 0 atom stereocenters. The molecule has 0 fully saturated rings. The Labute approximate surface area is 183 Å². The molecular weight excluding hydrogens is 432 g/mol. The van der Waals surface area contributed by atoms with Crippen LogP contribution in [0.1, 0.15) is 11.1 Å². The van der Waals surface area contributed by atoms with Gasteiger partial charge in [-0.25, -0.2) is 8.42 Å². The Bertz CT molecular complexity index is 1450. The summed E-state index contributed by atoms with van der Waals surface area (Å²) in [7, 11) is -3.72. The molecule has 4 nitrogen and oxygen atoms in total. The molecule has 0 aliphatic heterocycles. The van der Waals surface area contributed by atoms with Crippen LogP contribution in [0.3, 0.4) is 0 Å². The van der Waals surface area contributed by atoms with Crippen molar-refractivity contribution in [3.63, 3.8) is 0 Å². The Morgan fingerprint density at radius 3 is 2.63 bits per heavy atom. The lowest BCUT2D eigenvalue weighted by Gasteiger charge is -2.24. The van der Waals surface area contributed by atoms with Gasteiger partial charge in [-0.2, -0.15) is 11.3 Å². The molecule has 150 valence electrons. The average Bonchev–Trinajstić information content (AvgIpc) is 3.41. The van der Waals surface area contributed by atoms with E-state index in [1.165, 1.54) is 22.7 Å². The van der Waals surface area contributed by atoms with Gasteiger partial charge in [-0.1, -0.05) is 42.5 Å². The molecule has 30 heavy (non-hydrogen) atoms. The van der Waals surface area contributed by atoms with E-state index in [2.05, 4.69) is 4.98 Å². The average molecular weight is 451 g/mol. The lowest BCUT2D eigenvalue weighted by atomic mass is 10.1. The van der Waals surface area contributed by atoms with E-state index in [9.17, 15) is 8.42 Å². The lowest BCUT2D eigenvalue weighted by Crippen LogP contribution is -2.30. The van der Waals surface area contributed by atoms with Crippen LogP contribution < -0.4 is 4.31 Å². The third-order valence-electron chi connectivity index (χ3n) is 5.16. The summed E-state index contributed by atoms with van der Waals surface area (Å²) < 4.78 is 30.0. The van der Waals surface area contributed by atoms with Crippen molar-refractivity contribution in [2.24, 2.45) is 0 Å². The van der Waals surface area contributed by atoms with Crippen LogP contribution in [0.5, 0.6) is 0 Å². The Hall–Kier alpha value is -2.74. The normalized spacial score (nSPS) is 11.9. The van der Waals surface area contributed by atoms with Gasteiger partial charge in [0.25, 0.3) is 10.0 Å². The highest BCUT2D eigenvalue weighted by molar-refractivity contribution is 7.93. The minimum Gasteiger partial charge on any atom is -0.256 e. The highest BCUT2D eigenvalue weighted by Crippen LogP contribution is 2.41. The zero-order valence-electron chi connectivity index (χ0n) is 16.1. The molecule has 7 heteroatoms. The number of para-hydroxylation sites is 1. The quantitative estimate of drug-likeness (QED) is 0.320. The molecule has 0 spiro atoms. The van der Waals surface area contributed by atoms with Crippen LogP contribution in [-0.2, 0) is 16.6 Å². The van der Waals surface area contributed by atoms with Gasteiger partial charge in [-0.05, 0) is 47.0 Å². The van der Waals surface area contributed by atoms with Crippen molar-refractivity contribution in [3.8, 4) is 0 Å². The summed E-state index contributed by atoms with van der Waals surface area (Å²) in [6.45, 7) is 2.21. The molecule has 5 rings (SSSR count). The van der Waals surface area contributed by atoms with Gasteiger partial charge in [0.2, 0.25) is 0 Å². The number of aromatic nitrogens is 1. The maximum Gasteiger partial charge on any atom is 0.266 e. The molecule has 5 aromatic rings. The van der Waals surface area contributed by atoms with E-state index < -0.39 is 10.0 Å². The predicted octanol–water partition coefficient (Wildman–Crippen LogP) is 6.21. The van der Waals surface area contributed by atoms with Crippen molar-refractivity contribution in [3.05, 3.63) is 88.7 Å². The van der Waals surface area contributed by atoms with E-state index in [1.54, 1.807) is 27.3 Å². The molecule has 0 bridgehead atoms. The molecule has 0 aliphatic carbocycles. The molecule has 2 aromatic carbocycles. The van der Waals surface area contributed by atoms with Gasteiger partial charge in [0.15, 0.2) is 0 Å². The maximum absolute atomic E-state index is 13.7. The second-order valence-electron chi connectivity index (χ2n) is 6.99. The predicted molar refractivity (Wildman–Crippen MR) is 126 cm³/mol. The number of sulfonamides is 1. The van der Waals surface area contributed by atoms with Gasteiger partial charge in [0, 0.05) is 21.7 Å². The SMILES string of the molecule is Cc1c(N(Cc2cccc3cccnc23)S(=O)(=O)c2ccsc2)sc2ccccc12. The first-order chi connectivity index (χ1) is 14.6. The summed E-state index contributed by atoms with van der Waals surface area (Å²) in [4.78, 5) is 4.84. The second-order valence-corrected chi connectivity index (χ2v) is 10.7. The highest BCUT2D eigenvalue weighted by Gasteiger charge is 2.29. The largest absolute Gasteiger partial charge is 0.266 e. The monoisotopic (exact) mass is 450 g/mol. The molecule has 3 aromatic heterocycles. The molecule has 0 saturated heterocycles. The molecule has 0 saturated carbocycles. The van der Waals surface area contributed by atoms with Crippen molar-refractivity contribution < 1.29 is 8.42 Å². The van der Waals surface area contributed by atoms with Gasteiger partial charge in [-0.15, -0.1) is 11.3 Å². The van der Waals surface area contributed by atoms with Crippen LogP contribution in [0.2, 0.25) is 0 Å². The van der Waals surface area contributed by atoms with Gasteiger partial charge >= 0.3 is 0 Å². The zero-order chi connectivity index (χ0) is 20.7. The number of anilines is 1. The number of thiophene rings is 2. The summed E-state index contributed by atoms with van der Waals surface area (Å²) in [6, 6.07) is 19.5. The molecule has 0 N–H and O–H groups in total. The number of fused-ring (bicyclic) bond motifs is 2. The summed E-state index contributed by atoms with van der Waals surface area (Å²) in [5.74, 6) is 0. The third kappa shape index (κ3) is 3.19. The zero-order valence-corrected chi connectivity index (χ0v) is 18.6. The Morgan fingerprint density at radius 1 is 1.00 bits per heavy atom. The number of rotatable bonds is 5. The number of aryl methyl sites for hydroxylation is 1. The molecule has 3 heterocycles. The molecule has 0 radical (unpaired) electrons. The van der Waals surface area contributed by atoms with E-state index in [4.69, 9.17) is 0 Å². The minimum absolute atomic E-state index is 0.222. The molecule has 0 aliphatic rings. The fourth-order valence-electron chi connectivity index (χ4n) is 3.64. The first kappa shape index (κ1) is 19.2. The number of hydrogen-bond donors (Lipinski definition) is 0. The lowest BCUT2D eigenvalue weighted by molar-refractivity contribution is 0.591. The number of hydrogen-bond acceptors (Lipinski definition) is 5. The Morgan fingerprint density at radius 2 is 1.83 bits per heavy atom. The van der Waals surface area contributed by atoms with E-state index in [1.807, 2.05) is 61.5 Å². The van der Waals surface area contributed by atoms with E-state index in [0.717, 1.165) is 37.1 Å². The van der Waals surface area contributed by atoms with E-state index >= 15 is 0 Å². The van der Waals surface area contributed by atoms with Gasteiger partial charge in [-0.3, -0.25) is 9.29 Å². The van der Waals surface area contributed by atoms with Crippen LogP contribution in [0.25, 0.3) is 21.0 Å². The molecular formula is C23H18N2O2S3. The van der Waals surface area contributed by atoms with Gasteiger partial charge < -0.3 is 0 Å². The summed E-state index contributed by atoms with van der Waals surface area (Å²) in [5, 5.41) is 6.31. The first-order valence-corrected chi connectivity index (χ1v) is 12.6. The van der Waals surface area contributed by atoms with E-state index in [0.29, 0.717) is 4.90 Å². The number of benzene rings is 2. The summed E-state index contributed by atoms with van der Waals surface area (Å²) in [6.07, 6.45) is 1.74. The smallest absolute Gasteiger partial charge is 0.256 e.